The van der Waals surface area contributed by atoms with Crippen LogP contribution in [0.4, 0.5) is 10.1 Å². The highest BCUT2D eigenvalue weighted by Gasteiger charge is 2.16. The van der Waals surface area contributed by atoms with Gasteiger partial charge in [0, 0.05) is 10.9 Å². The van der Waals surface area contributed by atoms with Crippen molar-refractivity contribution in [2.75, 3.05) is 19.5 Å². The number of amides is 1. The first-order valence-corrected chi connectivity index (χ1v) is 9.70. The van der Waals surface area contributed by atoms with E-state index in [0.29, 0.717) is 33.7 Å². The van der Waals surface area contributed by atoms with Crippen LogP contribution in [0.1, 0.15) is 15.9 Å². The van der Waals surface area contributed by atoms with Crippen LogP contribution in [0.3, 0.4) is 0 Å². The summed E-state index contributed by atoms with van der Waals surface area (Å²) in [4.78, 5) is 17.9. The molecular weight excluding hydrogens is 395 g/mol. The second-order valence-corrected chi connectivity index (χ2v) is 7.08. The van der Waals surface area contributed by atoms with Gasteiger partial charge in [-0.15, -0.1) is 0 Å². The molecule has 0 saturated carbocycles. The lowest BCUT2D eigenvalue weighted by Gasteiger charge is -2.13. The molecule has 4 aromatic rings. The van der Waals surface area contributed by atoms with Gasteiger partial charge in [0.25, 0.3) is 5.91 Å². The molecule has 0 atom stereocenters. The molecule has 1 amide bonds. The Morgan fingerprint density at radius 1 is 0.935 bits per heavy atom. The van der Waals surface area contributed by atoms with E-state index >= 15 is 0 Å². The minimum atomic E-state index is -0.488. The number of benzene rings is 3. The number of para-hydroxylation sites is 1. The number of carbonyl (C=O) groups is 1. The van der Waals surface area contributed by atoms with E-state index in [0.717, 1.165) is 11.1 Å². The SMILES string of the molecule is COc1ccc(-c2cc(C(=O)Nc3cc(C)ccc3F)c3ccccc3n2)cc1OC. The molecule has 1 aromatic heterocycles. The number of methoxy groups -OCH3 is 2. The number of fused-ring (bicyclic) bond motifs is 1. The third-order valence-corrected chi connectivity index (χ3v) is 5.01. The lowest BCUT2D eigenvalue weighted by molar-refractivity contribution is 0.102. The van der Waals surface area contributed by atoms with Crippen molar-refractivity contribution in [1.29, 1.82) is 0 Å². The number of ether oxygens (including phenoxy) is 2. The van der Waals surface area contributed by atoms with E-state index in [9.17, 15) is 9.18 Å². The molecule has 156 valence electrons. The van der Waals surface area contributed by atoms with Gasteiger partial charge in [-0.05, 0) is 55.0 Å². The predicted octanol–water partition coefficient (Wildman–Crippen LogP) is 5.62. The zero-order valence-electron chi connectivity index (χ0n) is 17.4. The maximum Gasteiger partial charge on any atom is 0.256 e. The molecule has 3 aromatic carbocycles. The zero-order chi connectivity index (χ0) is 22.0. The van der Waals surface area contributed by atoms with E-state index in [2.05, 4.69) is 5.32 Å². The summed E-state index contributed by atoms with van der Waals surface area (Å²) in [5, 5.41) is 3.37. The minimum Gasteiger partial charge on any atom is -0.493 e. The Hall–Kier alpha value is -3.93. The lowest BCUT2D eigenvalue weighted by Crippen LogP contribution is -2.14. The van der Waals surface area contributed by atoms with Crippen molar-refractivity contribution in [3.05, 3.63) is 83.7 Å². The van der Waals surface area contributed by atoms with Crippen LogP contribution in [0.15, 0.2) is 66.7 Å². The number of rotatable bonds is 5. The Morgan fingerprint density at radius 3 is 2.48 bits per heavy atom. The van der Waals surface area contributed by atoms with Gasteiger partial charge >= 0.3 is 0 Å². The van der Waals surface area contributed by atoms with E-state index in [4.69, 9.17) is 14.5 Å². The molecular formula is C25H21FN2O3. The molecule has 0 aliphatic heterocycles. The van der Waals surface area contributed by atoms with E-state index in [-0.39, 0.29) is 5.69 Å². The fourth-order valence-electron chi connectivity index (χ4n) is 3.43. The molecule has 0 saturated heterocycles. The zero-order valence-corrected chi connectivity index (χ0v) is 17.4. The summed E-state index contributed by atoms with van der Waals surface area (Å²) in [6, 6.07) is 19.1. The van der Waals surface area contributed by atoms with Gasteiger partial charge in [-0.1, -0.05) is 24.3 Å². The van der Waals surface area contributed by atoms with Crippen molar-refractivity contribution in [2.24, 2.45) is 0 Å². The fraction of sp³-hybridized carbons (Fsp3) is 0.120. The van der Waals surface area contributed by atoms with Gasteiger partial charge in [0.05, 0.1) is 36.7 Å². The van der Waals surface area contributed by atoms with Gasteiger partial charge in [-0.3, -0.25) is 4.79 Å². The Morgan fingerprint density at radius 2 is 1.71 bits per heavy atom. The van der Waals surface area contributed by atoms with Crippen molar-refractivity contribution in [2.45, 2.75) is 6.92 Å². The maximum atomic E-state index is 14.2. The first kappa shape index (κ1) is 20.3. The topological polar surface area (TPSA) is 60.5 Å². The lowest BCUT2D eigenvalue weighted by atomic mass is 10.0. The van der Waals surface area contributed by atoms with Crippen molar-refractivity contribution in [3.63, 3.8) is 0 Å². The first-order chi connectivity index (χ1) is 15.0. The monoisotopic (exact) mass is 416 g/mol. The van der Waals surface area contributed by atoms with Crippen LogP contribution in [0, 0.1) is 12.7 Å². The van der Waals surface area contributed by atoms with Gasteiger partial charge in [0.15, 0.2) is 11.5 Å². The molecule has 4 rings (SSSR count). The number of hydrogen-bond donors (Lipinski definition) is 1. The number of aryl methyl sites for hydroxylation is 1. The summed E-state index contributed by atoms with van der Waals surface area (Å²) in [5.41, 5.74) is 3.40. The van der Waals surface area contributed by atoms with Gasteiger partial charge in [-0.25, -0.2) is 9.37 Å². The third kappa shape index (κ3) is 4.05. The Labute approximate surface area is 179 Å². The molecule has 0 spiro atoms. The second-order valence-electron chi connectivity index (χ2n) is 7.08. The van der Waals surface area contributed by atoms with Gasteiger partial charge < -0.3 is 14.8 Å². The van der Waals surface area contributed by atoms with E-state index in [1.54, 1.807) is 44.6 Å². The molecule has 0 aliphatic rings. The molecule has 0 radical (unpaired) electrons. The number of pyridine rings is 1. The number of aromatic nitrogens is 1. The Kier molecular flexibility index (Phi) is 5.54. The number of nitrogens with one attached hydrogen (secondary N) is 1. The van der Waals surface area contributed by atoms with Crippen molar-refractivity contribution >= 4 is 22.5 Å². The summed E-state index contributed by atoms with van der Waals surface area (Å²) in [6.45, 7) is 1.84. The fourth-order valence-corrected chi connectivity index (χ4v) is 3.43. The summed E-state index contributed by atoms with van der Waals surface area (Å²) in [6.07, 6.45) is 0. The third-order valence-electron chi connectivity index (χ3n) is 5.01. The predicted molar refractivity (Wildman–Crippen MR) is 119 cm³/mol. The van der Waals surface area contributed by atoms with Gasteiger partial charge in [-0.2, -0.15) is 0 Å². The highest BCUT2D eigenvalue weighted by molar-refractivity contribution is 6.13. The van der Waals surface area contributed by atoms with Gasteiger partial charge in [0.2, 0.25) is 0 Å². The summed E-state index contributed by atoms with van der Waals surface area (Å²) in [7, 11) is 3.13. The van der Waals surface area contributed by atoms with Crippen LogP contribution in [-0.4, -0.2) is 25.1 Å². The maximum absolute atomic E-state index is 14.2. The molecule has 1 heterocycles. The molecule has 1 N–H and O–H groups in total. The summed E-state index contributed by atoms with van der Waals surface area (Å²) < 4.78 is 24.9. The summed E-state index contributed by atoms with van der Waals surface area (Å²) >= 11 is 0. The van der Waals surface area contributed by atoms with E-state index in [1.165, 1.54) is 6.07 Å². The quantitative estimate of drug-likeness (QED) is 0.459. The number of halogens is 1. The average molecular weight is 416 g/mol. The molecule has 0 bridgehead atoms. The molecule has 31 heavy (non-hydrogen) atoms. The molecule has 0 fully saturated rings. The van der Waals surface area contributed by atoms with Crippen LogP contribution < -0.4 is 14.8 Å². The molecule has 6 heteroatoms. The number of nitrogens with zero attached hydrogens (tertiary/aromatic N) is 1. The second kappa shape index (κ2) is 8.44. The van der Waals surface area contributed by atoms with Crippen LogP contribution >= 0.6 is 0 Å². The van der Waals surface area contributed by atoms with Gasteiger partial charge in [0.1, 0.15) is 5.82 Å². The molecule has 0 unspecified atom stereocenters. The number of anilines is 1. The highest BCUT2D eigenvalue weighted by atomic mass is 19.1. The average Bonchev–Trinajstić information content (AvgIpc) is 2.80. The smallest absolute Gasteiger partial charge is 0.256 e. The number of carbonyl (C=O) groups excluding carboxylic acids is 1. The highest BCUT2D eigenvalue weighted by Crippen LogP contribution is 2.33. The Bertz CT molecular complexity index is 1290. The van der Waals surface area contributed by atoms with E-state index < -0.39 is 11.7 Å². The van der Waals surface area contributed by atoms with Crippen molar-refractivity contribution < 1.29 is 18.7 Å². The first-order valence-electron chi connectivity index (χ1n) is 9.70. The van der Waals surface area contributed by atoms with Crippen LogP contribution in [0.25, 0.3) is 22.2 Å². The van der Waals surface area contributed by atoms with Crippen LogP contribution in [0.2, 0.25) is 0 Å². The summed E-state index contributed by atoms with van der Waals surface area (Å²) in [5.74, 6) is 0.255. The van der Waals surface area contributed by atoms with Crippen LogP contribution in [0.5, 0.6) is 11.5 Å². The minimum absolute atomic E-state index is 0.138. The number of hydrogen-bond acceptors (Lipinski definition) is 4. The Balaban J connectivity index is 1.82. The van der Waals surface area contributed by atoms with Crippen molar-refractivity contribution in [3.8, 4) is 22.8 Å². The largest absolute Gasteiger partial charge is 0.493 e. The molecule has 0 aliphatic carbocycles. The standard InChI is InChI=1S/C25H21FN2O3/c1-15-8-10-19(26)22(12-15)28-25(29)18-14-21(27-20-7-5-4-6-17(18)20)16-9-11-23(30-2)24(13-16)31-3/h4-14H,1-3H3,(H,28,29). The van der Waals surface area contributed by atoms with Crippen molar-refractivity contribution in [1.82, 2.24) is 4.98 Å². The van der Waals surface area contributed by atoms with E-state index in [1.807, 2.05) is 37.3 Å². The normalized spacial score (nSPS) is 10.7. The molecule has 5 nitrogen and oxygen atoms in total. The van der Waals surface area contributed by atoms with Crippen LogP contribution in [-0.2, 0) is 0 Å².